The van der Waals surface area contributed by atoms with Crippen LogP contribution in [0.15, 0.2) is 53.4 Å². The first-order valence-electron chi connectivity index (χ1n) is 7.30. The Balaban J connectivity index is 2.01. The summed E-state index contributed by atoms with van der Waals surface area (Å²) < 4.78 is 26.4. The van der Waals surface area contributed by atoms with Gasteiger partial charge in [-0.25, -0.2) is 8.42 Å². The van der Waals surface area contributed by atoms with Crippen LogP contribution in [-0.2, 0) is 16.4 Å². The molecule has 0 saturated carbocycles. The lowest BCUT2D eigenvalue weighted by Crippen LogP contribution is -2.43. The van der Waals surface area contributed by atoms with Crippen LogP contribution in [0.3, 0.4) is 0 Å². The highest BCUT2D eigenvalue weighted by atomic mass is 35.5. The zero-order valence-electron chi connectivity index (χ0n) is 12.9. The van der Waals surface area contributed by atoms with Crippen LogP contribution in [0, 0.1) is 0 Å². The number of amides is 1. The van der Waals surface area contributed by atoms with Gasteiger partial charge in [0, 0.05) is 23.4 Å². The van der Waals surface area contributed by atoms with Crippen LogP contribution in [0.25, 0.3) is 0 Å². The number of primary amides is 1. The van der Waals surface area contributed by atoms with Gasteiger partial charge >= 0.3 is 0 Å². The normalized spacial score (nSPS) is 17.1. The molecule has 1 heterocycles. The molecule has 1 aliphatic heterocycles. The van der Waals surface area contributed by atoms with Crippen LogP contribution in [0.5, 0.6) is 0 Å². The van der Waals surface area contributed by atoms with Crippen molar-refractivity contribution in [2.75, 3.05) is 5.01 Å². The van der Waals surface area contributed by atoms with Crippen LogP contribution in [0.2, 0.25) is 0 Å². The van der Waals surface area contributed by atoms with Crippen LogP contribution < -0.4 is 10.7 Å². The molecule has 0 spiro atoms. The smallest absolute Gasteiger partial charge is 0.274 e. The Labute approximate surface area is 145 Å². The fraction of sp³-hybridized carbons (Fsp3) is 0.188. The molecule has 3 rings (SSSR count). The van der Waals surface area contributed by atoms with E-state index in [-0.39, 0.29) is 16.5 Å². The molecular weight excluding hydrogens is 350 g/mol. The van der Waals surface area contributed by atoms with Gasteiger partial charge in [0.15, 0.2) is 0 Å². The summed E-state index contributed by atoms with van der Waals surface area (Å²) in [4.78, 5) is 11.2. The van der Waals surface area contributed by atoms with Gasteiger partial charge in [0.2, 0.25) is 5.91 Å². The summed E-state index contributed by atoms with van der Waals surface area (Å²) >= 11 is 6.22. The Morgan fingerprint density at radius 1 is 1.25 bits per heavy atom. The third-order valence-electron chi connectivity index (χ3n) is 3.96. The maximum absolute atomic E-state index is 12.8. The first-order chi connectivity index (χ1) is 11.3. The maximum atomic E-state index is 12.8. The molecule has 1 amide bonds. The molecule has 0 bridgehead atoms. The molecule has 6 nitrogen and oxygen atoms in total. The Kier molecular flexibility index (Phi) is 4.25. The van der Waals surface area contributed by atoms with Crippen molar-refractivity contribution in [1.29, 1.82) is 0 Å². The van der Waals surface area contributed by atoms with Crippen LogP contribution in [0.4, 0.5) is 5.69 Å². The lowest BCUT2D eigenvalue weighted by molar-refractivity contribution is 0.1000. The Bertz CT molecular complexity index is 901. The van der Waals surface area contributed by atoms with E-state index in [2.05, 4.69) is 0 Å². The second-order valence-corrected chi connectivity index (χ2v) is 7.91. The number of nitrogens with two attached hydrogens (primary N) is 1. The standard InChI is InChI=1S/C16H16ClN3O3S/c1-11-9-12-5-2-3-8-15(12)19(11)20(17)24(22,23)14-7-4-6-13(10-14)16(18)21/h2-8,10-11H,9H2,1H3,(H2,18,21)/t11-/m1/s1. The van der Waals surface area contributed by atoms with Gasteiger partial charge in [0.25, 0.3) is 10.0 Å². The Hall–Kier alpha value is -2.09. The van der Waals surface area contributed by atoms with Crippen molar-refractivity contribution in [2.45, 2.75) is 24.3 Å². The van der Waals surface area contributed by atoms with E-state index in [1.807, 2.05) is 31.2 Å². The van der Waals surface area contributed by atoms with Gasteiger partial charge in [-0.1, -0.05) is 24.3 Å². The number of halogens is 1. The van der Waals surface area contributed by atoms with Gasteiger partial charge in [0.05, 0.1) is 10.6 Å². The Morgan fingerprint density at radius 2 is 1.96 bits per heavy atom. The first kappa shape index (κ1) is 16.8. The van der Waals surface area contributed by atoms with E-state index in [1.165, 1.54) is 29.3 Å². The molecule has 0 fully saturated rings. The van der Waals surface area contributed by atoms with E-state index < -0.39 is 15.9 Å². The van der Waals surface area contributed by atoms with Gasteiger partial charge in [0.1, 0.15) is 0 Å². The van der Waals surface area contributed by atoms with Crippen molar-refractivity contribution in [3.05, 3.63) is 59.7 Å². The minimum atomic E-state index is -4.04. The molecule has 0 saturated heterocycles. The highest BCUT2D eigenvalue weighted by molar-refractivity contribution is 7.90. The molecule has 0 unspecified atom stereocenters. The summed E-state index contributed by atoms with van der Waals surface area (Å²) in [5.74, 6) is -0.701. The van der Waals surface area contributed by atoms with E-state index in [9.17, 15) is 13.2 Å². The number of anilines is 1. The second-order valence-electron chi connectivity index (χ2n) is 5.62. The van der Waals surface area contributed by atoms with Gasteiger partial charge in [-0.2, -0.15) is 0 Å². The van der Waals surface area contributed by atoms with E-state index in [0.717, 1.165) is 11.3 Å². The molecule has 1 aliphatic rings. The molecule has 2 N–H and O–H groups in total. The summed E-state index contributed by atoms with van der Waals surface area (Å²) in [6.07, 6.45) is 0.691. The molecule has 0 aromatic heterocycles. The lowest BCUT2D eigenvalue weighted by Gasteiger charge is -2.30. The number of hydrazine groups is 1. The number of carbonyl (C=O) groups excluding carboxylic acids is 1. The zero-order chi connectivity index (χ0) is 17.5. The largest absolute Gasteiger partial charge is 0.366 e. The highest BCUT2D eigenvalue weighted by Gasteiger charge is 2.37. The number of sulfonamides is 1. The van der Waals surface area contributed by atoms with E-state index >= 15 is 0 Å². The highest BCUT2D eigenvalue weighted by Crippen LogP contribution is 2.36. The topological polar surface area (TPSA) is 83.7 Å². The number of hydrogen-bond acceptors (Lipinski definition) is 4. The summed E-state index contributed by atoms with van der Waals surface area (Å²) in [5, 5.41) is 1.53. The zero-order valence-corrected chi connectivity index (χ0v) is 14.5. The van der Waals surface area contributed by atoms with Gasteiger partial charge in [-0.15, -0.1) is 0 Å². The maximum Gasteiger partial charge on any atom is 0.274 e. The number of rotatable bonds is 4. The summed E-state index contributed by atoms with van der Waals surface area (Å²) in [6, 6.07) is 12.9. The van der Waals surface area contributed by atoms with Crippen molar-refractivity contribution >= 4 is 33.4 Å². The third-order valence-corrected chi connectivity index (χ3v) is 6.09. The number of fused-ring (bicyclic) bond motifs is 1. The quantitative estimate of drug-likeness (QED) is 0.842. The SMILES string of the molecule is C[C@@H]1Cc2ccccc2N1N(Cl)S(=O)(=O)c1cccc(C(N)=O)c1. The molecule has 2 aromatic rings. The predicted octanol–water partition coefficient (Wildman–Crippen LogP) is 2.30. The van der Waals surface area contributed by atoms with Crippen LogP contribution >= 0.6 is 11.8 Å². The van der Waals surface area contributed by atoms with Crippen molar-refractivity contribution in [1.82, 2.24) is 3.93 Å². The van der Waals surface area contributed by atoms with Crippen molar-refractivity contribution in [3.63, 3.8) is 0 Å². The van der Waals surface area contributed by atoms with Gasteiger partial charge in [-0.3, -0.25) is 9.80 Å². The third kappa shape index (κ3) is 2.75. The predicted molar refractivity (Wildman–Crippen MR) is 91.9 cm³/mol. The fourth-order valence-corrected chi connectivity index (χ4v) is 4.45. The number of para-hydroxylation sites is 1. The number of hydrogen-bond donors (Lipinski definition) is 1. The van der Waals surface area contributed by atoms with E-state index in [0.29, 0.717) is 10.4 Å². The number of carbonyl (C=O) groups is 1. The average molecular weight is 366 g/mol. The van der Waals surface area contributed by atoms with Crippen LogP contribution in [-0.4, -0.2) is 24.3 Å². The van der Waals surface area contributed by atoms with Crippen LogP contribution in [0.1, 0.15) is 22.8 Å². The molecule has 0 aliphatic carbocycles. The molecule has 8 heteroatoms. The molecule has 126 valence electrons. The van der Waals surface area contributed by atoms with Gasteiger partial charge in [-0.05, 0) is 47.1 Å². The molecular formula is C16H16ClN3O3S. The second kappa shape index (κ2) is 6.08. The molecule has 0 radical (unpaired) electrons. The Morgan fingerprint density at radius 3 is 2.67 bits per heavy atom. The molecule has 1 atom stereocenters. The summed E-state index contributed by atoms with van der Waals surface area (Å²) in [7, 11) is -4.04. The molecule has 24 heavy (non-hydrogen) atoms. The van der Waals surface area contributed by atoms with Crippen molar-refractivity contribution in [2.24, 2.45) is 5.73 Å². The first-order valence-corrected chi connectivity index (χ1v) is 9.08. The number of benzene rings is 2. The van der Waals surface area contributed by atoms with E-state index in [1.54, 1.807) is 0 Å². The lowest BCUT2D eigenvalue weighted by atomic mass is 10.1. The van der Waals surface area contributed by atoms with Gasteiger partial charge < -0.3 is 5.73 Å². The number of nitrogens with zero attached hydrogens (tertiary/aromatic N) is 2. The van der Waals surface area contributed by atoms with Crippen molar-refractivity contribution in [3.8, 4) is 0 Å². The fourth-order valence-electron chi connectivity index (χ4n) is 2.80. The monoisotopic (exact) mass is 365 g/mol. The van der Waals surface area contributed by atoms with E-state index in [4.69, 9.17) is 17.5 Å². The minimum Gasteiger partial charge on any atom is -0.366 e. The minimum absolute atomic E-state index is 0.0922. The summed E-state index contributed by atoms with van der Waals surface area (Å²) in [6.45, 7) is 1.89. The van der Waals surface area contributed by atoms with Crippen molar-refractivity contribution < 1.29 is 13.2 Å². The molecule has 2 aromatic carbocycles. The summed E-state index contributed by atoms with van der Waals surface area (Å²) in [5.41, 5.74) is 7.10. The average Bonchev–Trinajstić information content (AvgIpc) is 2.89.